The van der Waals surface area contributed by atoms with Gasteiger partial charge in [-0.15, -0.1) is 0 Å². The Kier molecular flexibility index (Phi) is 7.39. The number of fused-ring (bicyclic) bond motifs is 1. The number of alkyl halides is 2. The number of carbonyl (C=O) groups is 2. The van der Waals surface area contributed by atoms with Crippen molar-refractivity contribution in [2.24, 2.45) is 5.92 Å². The average molecular weight is 558 g/mol. The van der Waals surface area contributed by atoms with Crippen molar-refractivity contribution >= 4 is 29.1 Å². The largest absolute Gasteiger partial charge is 0.372 e. The summed E-state index contributed by atoms with van der Waals surface area (Å²) < 4.78 is 41.5. The predicted octanol–water partition coefficient (Wildman–Crippen LogP) is 5.69. The highest BCUT2D eigenvalue weighted by Crippen LogP contribution is 2.47. The summed E-state index contributed by atoms with van der Waals surface area (Å²) in [5.74, 6) is -1.86. The molecule has 39 heavy (non-hydrogen) atoms. The van der Waals surface area contributed by atoms with Gasteiger partial charge in [0.05, 0.1) is 16.3 Å². The van der Waals surface area contributed by atoms with Gasteiger partial charge < -0.3 is 15.3 Å². The first-order valence-corrected chi connectivity index (χ1v) is 13.1. The van der Waals surface area contributed by atoms with Crippen LogP contribution in [0.25, 0.3) is 0 Å². The molecule has 0 saturated heterocycles. The van der Waals surface area contributed by atoms with Crippen LogP contribution in [-0.4, -0.2) is 34.5 Å². The molecule has 1 atom stereocenters. The van der Waals surface area contributed by atoms with E-state index in [1.807, 2.05) is 0 Å². The number of aliphatic hydroxyl groups is 1. The van der Waals surface area contributed by atoms with E-state index in [9.17, 15) is 27.9 Å². The minimum Gasteiger partial charge on any atom is -0.372 e. The number of halogens is 4. The number of nitrogens with one attached hydrogen (secondary N) is 1. The number of amides is 2. The zero-order chi connectivity index (χ0) is 27.9. The van der Waals surface area contributed by atoms with Gasteiger partial charge in [0.2, 0.25) is 0 Å². The van der Waals surface area contributed by atoms with Gasteiger partial charge in [-0.2, -0.15) is 0 Å². The third kappa shape index (κ3) is 4.89. The number of hydrogen-bond donors (Lipinski definition) is 2. The highest BCUT2D eigenvalue weighted by molar-refractivity contribution is 6.30. The van der Waals surface area contributed by atoms with E-state index in [2.05, 4.69) is 10.3 Å². The monoisotopic (exact) mass is 557 g/mol. The third-order valence-corrected chi connectivity index (χ3v) is 7.89. The SMILES string of the molecule is Cc1cccc2c1C(O)(c1ccccc1F)C(=O)N2CC1CCC(NC(=O)c2cc(Cl)cnc2C(F)F)CC1. The fourth-order valence-electron chi connectivity index (χ4n) is 5.76. The number of benzene rings is 2. The highest BCUT2D eigenvalue weighted by Gasteiger charge is 2.53. The van der Waals surface area contributed by atoms with Gasteiger partial charge in [-0.3, -0.25) is 14.6 Å². The lowest BCUT2D eigenvalue weighted by atomic mass is 9.84. The number of nitrogens with zero attached hydrogens (tertiary/aromatic N) is 2. The minimum absolute atomic E-state index is 0.0582. The van der Waals surface area contributed by atoms with Gasteiger partial charge in [0.15, 0.2) is 5.60 Å². The van der Waals surface area contributed by atoms with Crippen molar-refractivity contribution in [1.29, 1.82) is 0 Å². The summed E-state index contributed by atoms with van der Waals surface area (Å²) in [6.45, 7) is 2.10. The zero-order valence-electron chi connectivity index (χ0n) is 21.1. The van der Waals surface area contributed by atoms with Crippen molar-refractivity contribution in [2.75, 3.05) is 11.4 Å². The summed E-state index contributed by atoms with van der Waals surface area (Å²) in [5, 5.41) is 14.6. The Morgan fingerprint density at radius 1 is 1.18 bits per heavy atom. The van der Waals surface area contributed by atoms with Crippen molar-refractivity contribution in [3.05, 3.63) is 93.5 Å². The van der Waals surface area contributed by atoms with Crippen molar-refractivity contribution in [3.8, 4) is 0 Å². The van der Waals surface area contributed by atoms with E-state index in [1.54, 1.807) is 31.2 Å². The van der Waals surface area contributed by atoms with E-state index in [0.29, 0.717) is 49.0 Å². The number of aryl methyl sites for hydroxylation is 1. The first kappa shape index (κ1) is 27.1. The van der Waals surface area contributed by atoms with E-state index < -0.39 is 35.4 Å². The Morgan fingerprint density at radius 2 is 1.90 bits per heavy atom. The molecule has 1 unspecified atom stereocenters. The van der Waals surface area contributed by atoms with Gasteiger partial charge in [-0.1, -0.05) is 41.9 Å². The molecule has 10 heteroatoms. The molecule has 1 saturated carbocycles. The highest BCUT2D eigenvalue weighted by atomic mass is 35.5. The summed E-state index contributed by atoms with van der Waals surface area (Å²) in [4.78, 5) is 31.6. The maximum Gasteiger partial charge on any atom is 0.281 e. The van der Waals surface area contributed by atoms with Crippen LogP contribution in [0.5, 0.6) is 0 Å². The second-order valence-electron chi connectivity index (χ2n) is 10.2. The van der Waals surface area contributed by atoms with Crippen LogP contribution in [0.3, 0.4) is 0 Å². The predicted molar refractivity (Wildman–Crippen MR) is 140 cm³/mol. The number of anilines is 1. The van der Waals surface area contributed by atoms with E-state index in [0.717, 1.165) is 6.20 Å². The second-order valence-corrected chi connectivity index (χ2v) is 10.6. The molecule has 204 valence electrons. The normalized spacial score (nSPS) is 22.7. The number of hydrogen-bond acceptors (Lipinski definition) is 4. The lowest BCUT2D eigenvalue weighted by Crippen LogP contribution is -2.45. The molecule has 1 aromatic heterocycles. The lowest BCUT2D eigenvalue weighted by molar-refractivity contribution is -0.132. The molecule has 0 bridgehead atoms. The Balaban J connectivity index is 1.30. The summed E-state index contributed by atoms with van der Waals surface area (Å²) in [6.07, 6.45) is 0.639. The van der Waals surface area contributed by atoms with Crippen LogP contribution in [-0.2, 0) is 10.4 Å². The molecule has 2 heterocycles. The first-order chi connectivity index (χ1) is 18.6. The van der Waals surface area contributed by atoms with Gasteiger partial charge in [0.25, 0.3) is 18.2 Å². The summed E-state index contributed by atoms with van der Waals surface area (Å²) >= 11 is 5.88. The molecule has 1 fully saturated rings. The van der Waals surface area contributed by atoms with Crippen LogP contribution in [0.4, 0.5) is 18.9 Å². The smallest absolute Gasteiger partial charge is 0.281 e. The van der Waals surface area contributed by atoms with E-state index in [4.69, 9.17) is 11.6 Å². The number of pyridine rings is 1. The molecular weight excluding hydrogens is 531 g/mol. The quantitative estimate of drug-likeness (QED) is 0.408. The molecule has 1 aliphatic carbocycles. The maximum atomic E-state index is 14.8. The Labute approximate surface area is 228 Å². The molecule has 0 spiro atoms. The van der Waals surface area contributed by atoms with E-state index in [1.165, 1.54) is 29.2 Å². The van der Waals surface area contributed by atoms with Gasteiger partial charge in [-0.25, -0.2) is 13.2 Å². The molecule has 2 aliphatic rings. The van der Waals surface area contributed by atoms with Crippen LogP contribution >= 0.6 is 11.6 Å². The summed E-state index contributed by atoms with van der Waals surface area (Å²) in [7, 11) is 0. The van der Waals surface area contributed by atoms with Crippen LogP contribution in [0.2, 0.25) is 5.02 Å². The van der Waals surface area contributed by atoms with E-state index in [-0.39, 0.29) is 28.1 Å². The van der Waals surface area contributed by atoms with Gasteiger partial charge >= 0.3 is 0 Å². The second kappa shape index (κ2) is 10.6. The van der Waals surface area contributed by atoms with Gasteiger partial charge in [0, 0.05) is 29.9 Å². The Morgan fingerprint density at radius 3 is 2.59 bits per heavy atom. The molecule has 0 radical (unpaired) electrons. The zero-order valence-corrected chi connectivity index (χ0v) is 21.9. The Bertz CT molecular complexity index is 1430. The number of aromatic nitrogens is 1. The topological polar surface area (TPSA) is 82.5 Å². The molecular formula is C29H27ClF3N3O3. The van der Waals surface area contributed by atoms with Gasteiger partial charge in [-0.05, 0) is 62.3 Å². The summed E-state index contributed by atoms with van der Waals surface area (Å²) in [6, 6.07) is 12.0. The molecule has 1 aliphatic heterocycles. The molecule has 2 aromatic carbocycles. The van der Waals surface area contributed by atoms with Crippen molar-refractivity contribution in [1.82, 2.24) is 10.3 Å². The fraction of sp³-hybridized carbons (Fsp3) is 0.345. The molecule has 2 amide bonds. The summed E-state index contributed by atoms with van der Waals surface area (Å²) in [5.41, 5.74) is -1.47. The maximum absolute atomic E-state index is 14.8. The number of carbonyl (C=O) groups excluding carboxylic acids is 2. The average Bonchev–Trinajstić information content (AvgIpc) is 3.13. The van der Waals surface area contributed by atoms with Crippen molar-refractivity contribution in [2.45, 2.75) is 50.7 Å². The molecule has 3 aromatic rings. The molecule has 5 rings (SSSR count). The van der Waals surface area contributed by atoms with Crippen molar-refractivity contribution in [3.63, 3.8) is 0 Å². The third-order valence-electron chi connectivity index (χ3n) is 7.68. The van der Waals surface area contributed by atoms with Crippen LogP contribution < -0.4 is 10.2 Å². The molecule has 6 nitrogen and oxygen atoms in total. The van der Waals surface area contributed by atoms with Crippen LogP contribution in [0.1, 0.15) is 64.9 Å². The molecule has 2 N–H and O–H groups in total. The lowest BCUT2D eigenvalue weighted by Gasteiger charge is -2.32. The first-order valence-electron chi connectivity index (χ1n) is 12.7. The minimum atomic E-state index is -2.91. The van der Waals surface area contributed by atoms with Crippen molar-refractivity contribution < 1.29 is 27.9 Å². The fourth-order valence-corrected chi connectivity index (χ4v) is 5.92. The standard InChI is InChI=1S/C29H27ClF3N3O3/c1-16-5-4-8-23-24(16)29(39,21-6-2-3-7-22(21)31)28(38)36(23)15-17-9-11-19(12-10-17)35-27(37)20-13-18(30)14-34-25(20)26(32)33/h2-8,13-14,17,19,26,39H,9-12,15H2,1H3,(H,35,37). The van der Waals surface area contributed by atoms with Crippen LogP contribution in [0, 0.1) is 18.7 Å². The van der Waals surface area contributed by atoms with Gasteiger partial charge in [0.1, 0.15) is 11.5 Å². The van der Waals surface area contributed by atoms with Crippen LogP contribution in [0.15, 0.2) is 54.7 Å². The Hall–Kier alpha value is -3.43. The van der Waals surface area contributed by atoms with E-state index >= 15 is 0 Å². The number of rotatable bonds is 6.